The Morgan fingerprint density at radius 2 is 2.11 bits per heavy atom. The molecule has 100 valence electrons. The van der Waals surface area contributed by atoms with Gasteiger partial charge in [0, 0.05) is 6.61 Å². The Labute approximate surface area is 108 Å². The van der Waals surface area contributed by atoms with Crippen LogP contribution in [0, 0.1) is 12.3 Å². The van der Waals surface area contributed by atoms with Crippen molar-refractivity contribution in [2.24, 2.45) is 0 Å². The van der Waals surface area contributed by atoms with Gasteiger partial charge in [-0.2, -0.15) is 4.98 Å². The molecule has 1 rings (SSSR count). The summed E-state index contributed by atoms with van der Waals surface area (Å²) in [7, 11) is 0. The minimum Gasteiger partial charge on any atom is -0.367 e. The van der Waals surface area contributed by atoms with E-state index in [1.165, 1.54) is 0 Å². The maximum Gasteiger partial charge on any atom is 0.240 e. The number of terminal acetylenes is 1. The topological polar surface area (TPSA) is 60.2 Å². The van der Waals surface area contributed by atoms with Gasteiger partial charge in [0.15, 0.2) is 0 Å². The van der Waals surface area contributed by atoms with E-state index in [1.807, 2.05) is 6.92 Å². The van der Waals surface area contributed by atoms with Gasteiger partial charge in [0.05, 0.1) is 13.1 Å². The van der Waals surface area contributed by atoms with Crippen LogP contribution in [0.2, 0.25) is 0 Å². The molecule has 1 aromatic heterocycles. The van der Waals surface area contributed by atoms with E-state index in [4.69, 9.17) is 15.7 Å². The largest absolute Gasteiger partial charge is 0.367 e. The van der Waals surface area contributed by atoms with Gasteiger partial charge in [0.2, 0.25) is 11.7 Å². The van der Waals surface area contributed by atoms with Crippen molar-refractivity contribution in [2.75, 3.05) is 13.2 Å². The lowest BCUT2D eigenvalue weighted by Crippen LogP contribution is -2.30. The summed E-state index contributed by atoms with van der Waals surface area (Å²) in [5.74, 6) is 3.64. The first kappa shape index (κ1) is 14.7. The van der Waals surface area contributed by atoms with Crippen LogP contribution in [0.4, 0.5) is 0 Å². The third-order valence-corrected chi connectivity index (χ3v) is 2.94. The predicted octanol–water partition coefficient (Wildman–Crippen LogP) is 1.84. The van der Waals surface area contributed by atoms with Gasteiger partial charge in [-0.1, -0.05) is 24.9 Å². The number of ether oxygens (including phenoxy) is 1. The van der Waals surface area contributed by atoms with Crippen molar-refractivity contribution in [3.63, 3.8) is 0 Å². The summed E-state index contributed by atoms with van der Waals surface area (Å²) in [4.78, 5) is 4.38. The van der Waals surface area contributed by atoms with Gasteiger partial charge in [-0.05, 0) is 19.8 Å². The molecule has 0 unspecified atom stereocenters. The van der Waals surface area contributed by atoms with Gasteiger partial charge in [-0.3, -0.25) is 5.32 Å². The van der Waals surface area contributed by atoms with Gasteiger partial charge >= 0.3 is 0 Å². The molecule has 0 saturated carbocycles. The highest BCUT2D eigenvalue weighted by Crippen LogP contribution is 2.30. The summed E-state index contributed by atoms with van der Waals surface area (Å²) in [6.45, 7) is 7.68. The number of rotatable bonds is 8. The van der Waals surface area contributed by atoms with Crippen LogP contribution in [0.15, 0.2) is 4.52 Å². The molecule has 0 fully saturated rings. The summed E-state index contributed by atoms with van der Waals surface area (Å²) in [5.41, 5.74) is -0.442. The van der Waals surface area contributed by atoms with Crippen LogP contribution in [-0.4, -0.2) is 23.3 Å². The minimum atomic E-state index is -0.442. The summed E-state index contributed by atoms with van der Waals surface area (Å²) in [5, 5.41) is 7.04. The quantitative estimate of drug-likeness (QED) is 0.564. The van der Waals surface area contributed by atoms with Gasteiger partial charge in [-0.15, -0.1) is 6.42 Å². The summed E-state index contributed by atoms with van der Waals surface area (Å²) >= 11 is 0. The average molecular weight is 251 g/mol. The lowest BCUT2D eigenvalue weighted by atomic mass is 9.96. The molecule has 0 atom stereocenters. The Bertz CT molecular complexity index is 391. The van der Waals surface area contributed by atoms with E-state index in [0.717, 1.165) is 12.8 Å². The SMILES string of the molecule is C#CCNCc1nc(C(CC)(CC)OCC)no1. The van der Waals surface area contributed by atoms with Crippen molar-refractivity contribution in [1.29, 1.82) is 0 Å². The first-order valence-electron chi connectivity index (χ1n) is 6.33. The number of aromatic nitrogens is 2. The third-order valence-electron chi connectivity index (χ3n) is 2.94. The van der Waals surface area contributed by atoms with Crippen LogP contribution in [-0.2, 0) is 16.9 Å². The van der Waals surface area contributed by atoms with Crippen LogP contribution >= 0.6 is 0 Å². The molecular formula is C13H21N3O2. The van der Waals surface area contributed by atoms with Crippen molar-refractivity contribution in [1.82, 2.24) is 15.5 Å². The van der Waals surface area contributed by atoms with E-state index >= 15 is 0 Å². The minimum absolute atomic E-state index is 0.442. The molecule has 0 aromatic carbocycles. The molecule has 0 bridgehead atoms. The highest BCUT2D eigenvalue weighted by atomic mass is 16.5. The van der Waals surface area contributed by atoms with Crippen LogP contribution < -0.4 is 5.32 Å². The van der Waals surface area contributed by atoms with Gasteiger partial charge in [-0.25, -0.2) is 0 Å². The molecule has 0 aliphatic rings. The van der Waals surface area contributed by atoms with Gasteiger partial charge in [0.1, 0.15) is 5.60 Å². The number of nitrogens with one attached hydrogen (secondary N) is 1. The Morgan fingerprint density at radius 1 is 1.39 bits per heavy atom. The second-order valence-electron chi connectivity index (χ2n) is 3.95. The molecule has 5 heteroatoms. The number of hydrogen-bond donors (Lipinski definition) is 1. The lowest BCUT2D eigenvalue weighted by Gasteiger charge is -2.27. The molecule has 0 amide bonds. The zero-order valence-corrected chi connectivity index (χ0v) is 11.3. The average Bonchev–Trinajstić information content (AvgIpc) is 2.86. The molecule has 0 spiro atoms. The van der Waals surface area contributed by atoms with E-state index in [1.54, 1.807) is 0 Å². The van der Waals surface area contributed by atoms with E-state index < -0.39 is 5.60 Å². The fourth-order valence-electron chi connectivity index (χ4n) is 1.86. The van der Waals surface area contributed by atoms with Crippen molar-refractivity contribution < 1.29 is 9.26 Å². The van der Waals surface area contributed by atoms with Crippen molar-refractivity contribution >= 4 is 0 Å². The standard InChI is InChI=1S/C13H21N3O2/c1-5-9-14-10-11-15-12(16-18-11)13(6-2,7-3)17-8-4/h1,14H,6-10H2,2-4H3. The van der Waals surface area contributed by atoms with Gasteiger partial charge < -0.3 is 9.26 Å². The lowest BCUT2D eigenvalue weighted by molar-refractivity contribution is -0.0583. The molecule has 0 aliphatic heterocycles. The Balaban J connectivity index is 2.78. The van der Waals surface area contributed by atoms with Crippen molar-refractivity contribution in [2.45, 2.75) is 45.8 Å². The second kappa shape index (κ2) is 7.14. The summed E-state index contributed by atoms with van der Waals surface area (Å²) in [6, 6.07) is 0. The Morgan fingerprint density at radius 3 is 2.67 bits per heavy atom. The Hall–Kier alpha value is -1.38. The molecule has 0 radical (unpaired) electrons. The van der Waals surface area contributed by atoms with Crippen LogP contribution in [0.3, 0.4) is 0 Å². The van der Waals surface area contributed by atoms with Crippen LogP contribution in [0.25, 0.3) is 0 Å². The van der Waals surface area contributed by atoms with E-state index in [9.17, 15) is 0 Å². The van der Waals surface area contributed by atoms with Gasteiger partial charge in [0.25, 0.3) is 0 Å². The first-order chi connectivity index (χ1) is 8.72. The van der Waals surface area contributed by atoms with Crippen molar-refractivity contribution in [3.8, 4) is 12.3 Å². The maximum atomic E-state index is 5.82. The van der Waals surface area contributed by atoms with E-state index in [-0.39, 0.29) is 0 Å². The fourth-order valence-corrected chi connectivity index (χ4v) is 1.86. The highest BCUT2D eigenvalue weighted by Gasteiger charge is 2.34. The zero-order valence-electron chi connectivity index (χ0n) is 11.3. The van der Waals surface area contributed by atoms with E-state index in [0.29, 0.717) is 31.4 Å². The fraction of sp³-hybridized carbons (Fsp3) is 0.692. The van der Waals surface area contributed by atoms with E-state index in [2.05, 4.69) is 35.2 Å². The smallest absolute Gasteiger partial charge is 0.240 e. The maximum absolute atomic E-state index is 5.82. The molecule has 18 heavy (non-hydrogen) atoms. The third kappa shape index (κ3) is 3.31. The number of hydrogen-bond acceptors (Lipinski definition) is 5. The summed E-state index contributed by atoms with van der Waals surface area (Å²) in [6.07, 6.45) is 6.78. The van der Waals surface area contributed by atoms with Crippen LogP contribution in [0.1, 0.15) is 45.3 Å². The Kier molecular flexibility index (Phi) is 5.83. The highest BCUT2D eigenvalue weighted by molar-refractivity contribution is 5.01. The van der Waals surface area contributed by atoms with Crippen molar-refractivity contribution in [3.05, 3.63) is 11.7 Å². The summed E-state index contributed by atoms with van der Waals surface area (Å²) < 4.78 is 11.0. The molecule has 0 saturated heterocycles. The molecular weight excluding hydrogens is 230 g/mol. The van der Waals surface area contributed by atoms with Crippen LogP contribution in [0.5, 0.6) is 0 Å². The molecule has 1 N–H and O–H groups in total. The molecule has 0 aliphatic carbocycles. The molecule has 1 aromatic rings. The first-order valence-corrected chi connectivity index (χ1v) is 6.33. The zero-order chi connectivity index (χ0) is 13.4. The molecule has 5 nitrogen and oxygen atoms in total. The second-order valence-corrected chi connectivity index (χ2v) is 3.95. The number of nitrogens with zero attached hydrogens (tertiary/aromatic N) is 2. The predicted molar refractivity (Wildman–Crippen MR) is 68.7 cm³/mol. The monoisotopic (exact) mass is 251 g/mol. The normalized spacial score (nSPS) is 11.4. The molecule has 1 heterocycles.